The number of halogens is 1. The maximum Gasteiger partial charge on any atom is 0.121 e. The van der Waals surface area contributed by atoms with E-state index in [1.807, 2.05) is 35.8 Å². The van der Waals surface area contributed by atoms with E-state index in [0.717, 1.165) is 28.1 Å². The number of para-hydroxylation sites is 1. The van der Waals surface area contributed by atoms with E-state index in [1.165, 1.54) is 0 Å². The van der Waals surface area contributed by atoms with Gasteiger partial charge in [-0.3, -0.25) is 4.57 Å². The molecule has 5 heteroatoms. The molecule has 0 aliphatic carbocycles. The molecule has 2 aromatic rings. The first-order chi connectivity index (χ1) is 8.92. The maximum atomic E-state index is 9.22. The summed E-state index contributed by atoms with van der Waals surface area (Å²) in [6.07, 6.45) is 1.80. The molecule has 2 rings (SSSR count). The second-order valence-electron chi connectivity index (χ2n) is 5.72. The summed E-state index contributed by atoms with van der Waals surface area (Å²) in [7, 11) is 6.44. The minimum absolute atomic E-state index is 0. The lowest BCUT2D eigenvalue weighted by Gasteiger charge is -2.25. The molecule has 0 saturated carbocycles. The highest BCUT2D eigenvalue weighted by molar-refractivity contribution is 5.49. The lowest BCUT2D eigenvalue weighted by atomic mass is 10.2. The van der Waals surface area contributed by atoms with Gasteiger partial charge in [0, 0.05) is 0 Å². The van der Waals surface area contributed by atoms with E-state index in [0.29, 0.717) is 5.56 Å². The van der Waals surface area contributed by atoms with Crippen molar-refractivity contribution < 1.29 is 28.5 Å². The van der Waals surface area contributed by atoms with Crippen molar-refractivity contribution in [3.05, 3.63) is 47.5 Å². The summed E-state index contributed by atoms with van der Waals surface area (Å²) in [5.41, 5.74) is 3.73. The lowest BCUT2D eigenvalue weighted by molar-refractivity contribution is -0.884. The monoisotopic (exact) mass is 382 g/mol. The van der Waals surface area contributed by atoms with Crippen molar-refractivity contribution in [1.29, 1.82) is 5.26 Å². The molecule has 1 aromatic carbocycles. The van der Waals surface area contributed by atoms with Gasteiger partial charge in [-0.15, -0.1) is 0 Å². The Labute approximate surface area is 137 Å². The number of quaternary nitrogens is 1. The highest BCUT2D eigenvalue weighted by Gasteiger charge is 2.18. The Morgan fingerprint density at radius 3 is 2.50 bits per heavy atom. The molecule has 0 saturated heterocycles. The zero-order chi connectivity index (χ0) is 14.0. The molecule has 0 aliphatic heterocycles. The molecule has 106 valence electrons. The second-order valence-corrected chi connectivity index (χ2v) is 5.72. The third-order valence-electron chi connectivity index (χ3n) is 2.98. The predicted octanol–water partition coefficient (Wildman–Crippen LogP) is -0.737. The number of hydrogen-bond acceptors (Lipinski definition) is 2. The van der Waals surface area contributed by atoms with Crippen LogP contribution in [0.4, 0.5) is 0 Å². The second kappa shape index (κ2) is 6.37. The maximum absolute atomic E-state index is 9.22. The summed E-state index contributed by atoms with van der Waals surface area (Å²) >= 11 is 0. The standard InChI is InChI=1S/C15H19N4.HI/c1-12-15(10-19(2,3)4)18(11-17-12)14-8-6-5-7-13(14)9-16;/h5-8,11H,10H2,1-4H3;1H/q+1;/p-1. The number of aryl methyl sites for hydroxylation is 1. The summed E-state index contributed by atoms with van der Waals surface area (Å²) < 4.78 is 2.85. The molecule has 1 heterocycles. The number of imidazole rings is 1. The number of nitrogens with zero attached hydrogens (tertiary/aromatic N) is 4. The van der Waals surface area contributed by atoms with Crippen molar-refractivity contribution in [3.8, 4) is 11.8 Å². The SMILES string of the molecule is Cc1ncn(-c2ccccc2C#N)c1C[N+](C)(C)C.[I-]. The van der Waals surface area contributed by atoms with Gasteiger partial charge in [-0.2, -0.15) is 5.26 Å². The van der Waals surface area contributed by atoms with Gasteiger partial charge in [0.25, 0.3) is 0 Å². The van der Waals surface area contributed by atoms with Gasteiger partial charge in [-0.05, 0) is 19.1 Å². The molecular weight excluding hydrogens is 363 g/mol. The van der Waals surface area contributed by atoms with Crippen molar-refractivity contribution in [1.82, 2.24) is 9.55 Å². The van der Waals surface area contributed by atoms with Gasteiger partial charge in [-0.25, -0.2) is 4.98 Å². The highest BCUT2D eigenvalue weighted by Crippen LogP contribution is 2.20. The summed E-state index contributed by atoms with van der Waals surface area (Å²) in [4.78, 5) is 4.40. The molecule has 0 amide bonds. The van der Waals surface area contributed by atoms with Gasteiger partial charge in [0.15, 0.2) is 0 Å². The molecule has 20 heavy (non-hydrogen) atoms. The first-order valence-electron chi connectivity index (χ1n) is 6.25. The quantitative estimate of drug-likeness (QED) is 0.519. The van der Waals surface area contributed by atoms with E-state index in [1.54, 1.807) is 6.33 Å². The largest absolute Gasteiger partial charge is 1.00 e. The highest BCUT2D eigenvalue weighted by atomic mass is 127. The van der Waals surface area contributed by atoms with Crippen LogP contribution in [0.1, 0.15) is 17.0 Å². The Bertz CT molecular complexity index is 632. The minimum atomic E-state index is 0. The number of hydrogen-bond donors (Lipinski definition) is 0. The summed E-state index contributed by atoms with van der Waals surface area (Å²) in [6, 6.07) is 9.86. The van der Waals surface area contributed by atoms with Crippen LogP contribution in [0.2, 0.25) is 0 Å². The van der Waals surface area contributed by atoms with E-state index in [-0.39, 0.29) is 24.0 Å². The summed E-state index contributed by atoms with van der Waals surface area (Å²) in [5.74, 6) is 0. The number of aromatic nitrogens is 2. The molecule has 4 nitrogen and oxygen atoms in total. The molecule has 0 spiro atoms. The Morgan fingerprint density at radius 1 is 1.25 bits per heavy atom. The van der Waals surface area contributed by atoms with Crippen LogP contribution in [0.5, 0.6) is 0 Å². The Hall–Kier alpha value is -1.39. The summed E-state index contributed by atoms with van der Waals surface area (Å²) in [5, 5.41) is 9.22. The van der Waals surface area contributed by atoms with E-state index < -0.39 is 0 Å². The first-order valence-corrected chi connectivity index (χ1v) is 6.25. The van der Waals surface area contributed by atoms with Crippen LogP contribution in [0.15, 0.2) is 30.6 Å². The molecule has 0 fully saturated rings. The number of rotatable bonds is 3. The van der Waals surface area contributed by atoms with Gasteiger partial charge in [0.05, 0.1) is 44.4 Å². The first kappa shape index (κ1) is 16.7. The number of nitriles is 1. The normalized spacial score (nSPS) is 10.8. The predicted molar refractivity (Wildman–Crippen MR) is 74.8 cm³/mol. The lowest BCUT2D eigenvalue weighted by Crippen LogP contribution is -3.00. The summed E-state index contributed by atoms with van der Waals surface area (Å²) in [6.45, 7) is 2.88. The molecule has 0 unspecified atom stereocenters. The molecule has 0 atom stereocenters. The fourth-order valence-corrected chi connectivity index (χ4v) is 2.09. The third-order valence-corrected chi connectivity index (χ3v) is 2.98. The van der Waals surface area contributed by atoms with Crippen LogP contribution in [0.3, 0.4) is 0 Å². The van der Waals surface area contributed by atoms with Crippen LogP contribution < -0.4 is 24.0 Å². The fourth-order valence-electron chi connectivity index (χ4n) is 2.09. The fraction of sp³-hybridized carbons (Fsp3) is 0.333. The molecule has 0 N–H and O–H groups in total. The number of benzene rings is 1. The minimum Gasteiger partial charge on any atom is -1.00 e. The van der Waals surface area contributed by atoms with Gasteiger partial charge < -0.3 is 28.5 Å². The Kier molecular flexibility index (Phi) is 5.31. The van der Waals surface area contributed by atoms with Crippen molar-refractivity contribution in [3.63, 3.8) is 0 Å². The smallest absolute Gasteiger partial charge is 0.121 e. The topological polar surface area (TPSA) is 41.6 Å². The molecule has 1 aromatic heterocycles. The van der Waals surface area contributed by atoms with Crippen molar-refractivity contribution in [2.45, 2.75) is 13.5 Å². The molecular formula is C15H19IN4. The van der Waals surface area contributed by atoms with Crippen molar-refractivity contribution in [2.24, 2.45) is 0 Å². The zero-order valence-corrected chi connectivity index (χ0v) is 14.4. The van der Waals surface area contributed by atoms with Crippen LogP contribution in [0.25, 0.3) is 5.69 Å². The molecule has 0 bridgehead atoms. The van der Waals surface area contributed by atoms with E-state index in [9.17, 15) is 5.26 Å². The van der Waals surface area contributed by atoms with Gasteiger partial charge in [0.2, 0.25) is 0 Å². The van der Waals surface area contributed by atoms with Gasteiger partial charge in [0.1, 0.15) is 18.3 Å². The zero-order valence-electron chi connectivity index (χ0n) is 12.3. The van der Waals surface area contributed by atoms with E-state index >= 15 is 0 Å². The Balaban J connectivity index is 0.00000200. The third kappa shape index (κ3) is 3.58. The van der Waals surface area contributed by atoms with Crippen molar-refractivity contribution in [2.75, 3.05) is 21.1 Å². The molecule has 0 aliphatic rings. The molecule has 0 radical (unpaired) electrons. The average Bonchev–Trinajstić information content (AvgIpc) is 2.69. The van der Waals surface area contributed by atoms with Crippen LogP contribution in [-0.2, 0) is 6.54 Å². The average molecular weight is 382 g/mol. The van der Waals surface area contributed by atoms with Crippen LogP contribution >= 0.6 is 0 Å². The Morgan fingerprint density at radius 2 is 1.90 bits per heavy atom. The van der Waals surface area contributed by atoms with Crippen molar-refractivity contribution >= 4 is 0 Å². The van der Waals surface area contributed by atoms with Gasteiger partial charge >= 0.3 is 0 Å². The van der Waals surface area contributed by atoms with Crippen LogP contribution in [-0.4, -0.2) is 35.2 Å². The van der Waals surface area contributed by atoms with E-state index in [4.69, 9.17) is 0 Å². The van der Waals surface area contributed by atoms with Gasteiger partial charge in [-0.1, -0.05) is 12.1 Å². The van der Waals surface area contributed by atoms with E-state index in [2.05, 4.69) is 32.2 Å². The van der Waals surface area contributed by atoms with Crippen LogP contribution in [0, 0.1) is 18.3 Å².